The molecule has 8 nitrogen and oxygen atoms in total. The third-order valence-corrected chi connectivity index (χ3v) is 4.53. The monoisotopic (exact) mass is 405 g/mol. The Morgan fingerprint density at radius 1 is 1.16 bits per heavy atom. The molecule has 0 spiro atoms. The quantitative estimate of drug-likeness (QED) is 0.660. The predicted octanol–water partition coefficient (Wildman–Crippen LogP) is 1.22. The number of anilines is 1. The Kier molecular flexibility index (Phi) is 4.58. The summed E-state index contributed by atoms with van der Waals surface area (Å²) in [6.07, 6.45) is 0.158. The van der Waals surface area contributed by atoms with Crippen molar-refractivity contribution in [3.63, 3.8) is 0 Å². The SMILES string of the molecule is Cn1c(=O)c2c(nc(Br)n2CCC(=O)Nc2ccccc2)n(C)c1=O. The molecule has 3 aromatic rings. The average molecular weight is 406 g/mol. The van der Waals surface area contributed by atoms with E-state index in [-0.39, 0.29) is 30.0 Å². The lowest BCUT2D eigenvalue weighted by Gasteiger charge is -2.08. The maximum absolute atomic E-state index is 12.4. The largest absolute Gasteiger partial charge is 0.332 e. The summed E-state index contributed by atoms with van der Waals surface area (Å²) in [5, 5.41) is 2.79. The molecule has 1 N–H and O–H groups in total. The van der Waals surface area contributed by atoms with E-state index < -0.39 is 11.2 Å². The number of nitrogens with one attached hydrogen (secondary N) is 1. The van der Waals surface area contributed by atoms with E-state index in [9.17, 15) is 14.4 Å². The van der Waals surface area contributed by atoms with Crippen LogP contribution < -0.4 is 16.6 Å². The minimum absolute atomic E-state index is 0.158. The van der Waals surface area contributed by atoms with E-state index in [1.165, 1.54) is 11.6 Å². The number of benzene rings is 1. The van der Waals surface area contributed by atoms with Crippen molar-refractivity contribution in [1.29, 1.82) is 0 Å². The van der Waals surface area contributed by atoms with Gasteiger partial charge in [0.25, 0.3) is 5.56 Å². The number of halogens is 1. The number of nitrogens with zero attached hydrogens (tertiary/aromatic N) is 4. The van der Waals surface area contributed by atoms with Crippen LogP contribution in [-0.4, -0.2) is 24.6 Å². The highest BCUT2D eigenvalue weighted by atomic mass is 79.9. The molecular formula is C16H16BrN5O3. The molecule has 0 bridgehead atoms. The van der Waals surface area contributed by atoms with Crippen LogP contribution in [0.1, 0.15) is 6.42 Å². The molecule has 25 heavy (non-hydrogen) atoms. The maximum atomic E-state index is 12.4. The number of para-hydroxylation sites is 1. The molecule has 130 valence electrons. The molecule has 0 aliphatic carbocycles. The van der Waals surface area contributed by atoms with Crippen molar-refractivity contribution in [3.8, 4) is 0 Å². The number of fused-ring (bicyclic) bond motifs is 1. The molecular weight excluding hydrogens is 390 g/mol. The molecule has 1 amide bonds. The van der Waals surface area contributed by atoms with Crippen molar-refractivity contribution in [3.05, 3.63) is 55.9 Å². The van der Waals surface area contributed by atoms with E-state index >= 15 is 0 Å². The molecule has 0 radical (unpaired) electrons. The van der Waals surface area contributed by atoms with Gasteiger partial charge in [-0.1, -0.05) is 18.2 Å². The molecule has 0 atom stereocenters. The standard InChI is InChI=1S/C16H16BrN5O3/c1-20-13-12(14(24)21(2)16(20)25)22(15(17)19-13)9-8-11(23)18-10-6-4-3-5-7-10/h3-7H,8-9H2,1-2H3,(H,18,23). The summed E-state index contributed by atoms with van der Waals surface area (Å²) in [6, 6.07) is 9.13. The summed E-state index contributed by atoms with van der Waals surface area (Å²) in [6.45, 7) is 0.253. The molecule has 0 unspecified atom stereocenters. The van der Waals surface area contributed by atoms with Crippen LogP contribution in [0, 0.1) is 0 Å². The number of amides is 1. The maximum Gasteiger partial charge on any atom is 0.332 e. The Balaban J connectivity index is 1.89. The second-order valence-corrected chi connectivity index (χ2v) is 6.28. The van der Waals surface area contributed by atoms with Crippen LogP contribution in [0.5, 0.6) is 0 Å². The number of aromatic nitrogens is 4. The number of imidazole rings is 1. The first-order chi connectivity index (χ1) is 11.9. The topological polar surface area (TPSA) is 90.9 Å². The van der Waals surface area contributed by atoms with Crippen molar-refractivity contribution in [2.24, 2.45) is 14.1 Å². The lowest BCUT2D eigenvalue weighted by Crippen LogP contribution is -2.37. The van der Waals surface area contributed by atoms with Crippen LogP contribution in [0.15, 0.2) is 44.7 Å². The molecule has 2 aromatic heterocycles. The van der Waals surface area contributed by atoms with Gasteiger partial charge in [0.05, 0.1) is 0 Å². The number of carbonyl (C=O) groups is 1. The van der Waals surface area contributed by atoms with E-state index in [1.54, 1.807) is 23.7 Å². The number of carbonyl (C=O) groups excluding carboxylic acids is 1. The van der Waals surface area contributed by atoms with Gasteiger partial charge in [0, 0.05) is 32.7 Å². The fraction of sp³-hybridized carbons (Fsp3) is 0.250. The van der Waals surface area contributed by atoms with Crippen LogP contribution in [0.2, 0.25) is 0 Å². The summed E-state index contributed by atoms with van der Waals surface area (Å²) < 4.78 is 4.33. The number of rotatable bonds is 4. The van der Waals surface area contributed by atoms with E-state index in [4.69, 9.17) is 0 Å². The number of aryl methyl sites for hydroxylation is 2. The highest BCUT2D eigenvalue weighted by Crippen LogP contribution is 2.17. The van der Waals surface area contributed by atoms with Crippen molar-refractivity contribution in [2.45, 2.75) is 13.0 Å². The van der Waals surface area contributed by atoms with Gasteiger partial charge >= 0.3 is 5.69 Å². The third-order valence-electron chi connectivity index (χ3n) is 3.92. The molecule has 0 aliphatic heterocycles. The zero-order chi connectivity index (χ0) is 18.1. The molecule has 9 heteroatoms. The lowest BCUT2D eigenvalue weighted by atomic mass is 10.3. The lowest BCUT2D eigenvalue weighted by molar-refractivity contribution is -0.116. The van der Waals surface area contributed by atoms with Gasteiger partial charge in [-0.15, -0.1) is 0 Å². The smallest absolute Gasteiger partial charge is 0.326 e. The van der Waals surface area contributed by atoms with E-state index in [0.29, 0.717) is 10.4 Å². The summed E-state index contributed by atoms with van der Waals surface area (Å²) in [7, 11) is 2.97. The van der Waals surface area contributed by atoms with Gasteiger partial charge in [-0.25, -0.2) is 9.78 Å². The van der Waals surface area contributed by atoms with E-state index in [2.05, 4.69) is 26.2 Å². The second-order valence-electron chi connectivity index (χ2n) is 5.57. The van der Waals surface area contributed by atoms with Gasteiger partial charge in [-0.3, -0.25) is 18.7 Å². The highest BCUT2D eigenvalue weighted by Gasteiger charge is 2.18. The minimum atomic E-state index is -0.448. The molecule has 0 saturated heterocycles. The van der Waals surface area contributed by atoms with E-state index in [0.717, 1.165) is 4.57 Å². The zero-order valence-electron chi connectivity index (χ0n) is 13.7. The zero-order valence-corrected chi connectivity index (χ0v) is 15.3. The van der Waals surface area contributed by atoms with Gasteiger partial charge in [-0.2, -0.15) is 0 Å². The van der Waals surface area contributed by atoms with Crippen molar-refractivity contribution in [2.75, 3.05) is 5.32 Å². The first-order valence-electron chi connectivity index (χ1n) is 7.57. The van der Waals surface area contributed by atoms with Crippen LogP contribution in [0.4, 0.5) is 5.69 Å². The Hall–Kier alpha value is -2.68. The fourth-order valence-electron chi connectivity index (χ4n) is 2.58. The molecule has 0 saturated carbocycles. The summed E-state index contributed by atoms with van der Waals surface area (Å²) in [5.74, 6) is -0.179. The first-order valence-corrected chi connectivity index (χ1v) is 8.36. The molecule has 0 fully saturated rings. The van der Waals surface area contributed by atoms with Crippen molar-refractivity contribution in [1.82, 2.24) is 18.7 Å². The summed E-state index contributed by atoms with van der Waals surface area (Å²) in [5.41, 5.74) is 0.379. The molecule has 2 heterocycles. The van der Waals surface area contributed by atoms with Gasteiger partial charge in [-0.05, 0) is 28.1 Å². The predicted molar refractivity (Wildman–Crippen MR) is 97.6 cm³/mol. The minimum Gasteiger partial charge on any atom is -0.326 e. The van der Waals surface area contributed by atoms with Gasteiger partial charge < -0.3 is 9.88 Å². The second kappa shape index (κ2) is 6.67. The number of hydrogen-bond donors (Lipinski definition) is 1. The summed E-state index contributed by atoms with van der Waals surface area (Å²) in [4.78, 5) is 40.8. The highest BCUT2D eigenvalue weighted by molar-refractivity contribution is 9.10. The van der Waals surface area contributed by atoms with E-state index in [1.807, 2.05) is 18.2 Å². The number of hydrogen-bond acceptors (Lipinski definition) is 4. The molecule has 3 rings (SSSR count). The Morgan fingerprint density at radius 2 is 1.84 bits per heavy atom. The Labute approximate surface area is 150 Å². The van der Waals surface area contributed by atoms with Crippen LogP contribution in [-0.2, 0) is 25.4 Å². The van der Waals surface area contributed by atoms with Gasteiger partial charge in [0.2, 0.25) is 5.91 Å². The average Bonchev–Trinajstić information content (AvgIpc) is 2.94. The van der Waals surface area contributed by atoms with Crippen molar-refractivity contribution >= 4 is 38.7 Å². The first kappa shape index (κ1) is 17.2. The third kappa shape index (κ3) is 3.14. The fourth-order valence-corrected chi connectivity index (χ4v) is 3.10. The van der Waals surface area contributed by atoms with Crippen molar-refractivity contribution < 1.29 is 4.79 Å². The normalized spacial score (nSPS) is 11.0. The Morgan fingerprint density at radius 3 is 2.52 bits per heavy atom. The molecule has 1 aromatic carbocycles. The molecule has 0 aliphatic rings. The van der Waals surface area contributed by atoms with Gasteiger partial charge in [0.15, 0.2) is 15.9 Å². The Bertz CT molecular complexity index is 1070. The van der Waals surface area contributed by atoms with Crippen LogP contribution in [0.25, 0.3) is 11.2 Å². The summed E-state index contributed by atoms with van der Waals surface area (Å²) >= 11 is 3.30. The van der Waals surface area contributed by atoms with Gasteiger partial charge in [0.1, 0.15) is 0 Å². The van der Waals surface area contributed by atoms with Crippen LogP contribution in [0.3, 0.4) is 0 Å². The van der Waals surface area contributed by atoms with Crippen LogP contribution >= 0.6 is 15.9 Å².